The van der Waals surface area contributed by atoms with Gasteiger partial charge in [-0.3, -0.25) is 0 Å². The summed E-state index contributed by atoms with van der Waals surface area (Å²) in [6, 6.07) is 12.5. The van der Waals surface area contributed by atoms with Crippen molar-refractivity contribution < 1.29 is 0 Å². The molecule has 0 fully saturated rings. The number of imidazole rings is 1. The molecule has 0 amide bonds. The normalized spacial score (nSPS) is 10.6. The molecule has 0 radical (unpaired) electrons. The fourth-order valence-electron chi connectivity index (χ4n) is 1.80. The van der Waals surface area contributed by atoms with Gasteiger partial charge in [0.1, 0.15) is 0 Å². The van der Waals surface area contributed by atoms with E-state index in [1.807, 2.05) is 12.4 Å². The van der Waals surface area contributed by atoms with Gasteiger partial charge in [0, 0.05) is 23.7 Å². The van der Waals surface area contributed by atoms with Gasteiger partial charge in [0.25, 0.3) is 0 Å². The van der Waals surface area contributed by atoms with E-state index in [1.165, 1.54) is 11.1 Å². The van der Waals surface area contributed by atoms with E-state index in [0.29, 0.717) is 0 Å². The molecular weight excluding hydrogens is 228 g/mol. The predicted octanol–water partition coefficient (Wildman–Crippen LogP) is 3.66. The summed E-state index contributed by atoms with van der Waals surface area (Å²) >= 11 is 1.70. The van der Waals surface area contributed by atoms with Crippen molar-refractivity contribution in [1.29, 1.82) is 0 Å². The van der Waals surface area contributed by atoms with Crippen LogP contribution >= 0.6 is 11.3 Å². The van der Waals surface area contributed by atoms with Crippen molar-refractivity contribution in [2.45, 2.75) is 6.54 Å². The number of aromatic nitrogens is 2. The maximum atomic E-state index is 4.42. The number of rotatable bonds is 3. The Morgan fingerprint density at radius 2 is 2.00 bits per heavy atom. The van der Waals surface area contributed by atoms with Crippen molar-refractivity contribution >= 4 is 11.3 Å². The number of hydrogen-bond donors (Lipinski definition) is 0. The van der Waals surface area contributed by atoms with Crippen molar-refractivity contribution in [3.63, 3.8) is 0 Å². The van der Waals surface area contributed by atoms with Gasteiger partial charge in [-0.25, -0.2) is 4.98 Å². The zero-order chi connectivity index (χ0) is 11.5. The fraction of sp³-hybridized carbons (Fsp3) is 0.0714. The van der Waals surface area contributed by atoms with Crippen molar-refractivity contribution in [2.75, 3.05) is 0 Å². The average Bonchev–Trinajstić information content (AvgIpc) is 3.00. The minimum atomic E-state index is 0.873. The molecule has 2 heterocycles. The van der Waals surface area contributed by atoms with Crippen molar-refractivity contribution in [1.82, 2.24) is 9.55 Å². The first-order chi connectivity index (χ1) is 8.42. The van der Waals surface area contributed by atoms with Crippen LogP contribution in [-0.4, -0.2) is 9.55 Å². The molecule has 3 heteroatoms. The third kappa shape index (κ3) is 2.29. The highest BCUT2D eigenvalue weighted by molar-refractivity contribution is 7.08. The highest BCUT2D eigenvalue weighted by atomic mass is 32.1. The first-order valence-corrected chi connectivity index (χ1v) is 6.44. The molecule has 0 saturated heterocycles. The highest BCUT2D eigenvalue weighted by Gasteiger charge is 2.02. The fourth-order valence-corrected chi connectivity index (χ4v) is 2.45. The second kappa shape index (κ2) is 4.55. The molecule has 0 saturated carbocycles. The van der Waals surface area contributed by atoms with E-state index >= 15 is 0 Å². The molecule has 0 aliphatic carbocycles. The molecule has 3 rings (SSSR count). The molecule has 0 bridgehead atoms. The summed E-state index contributed by atoms with van der Waals surface area (Å²) in [5.41, 5.74) is 3.53. The summed E-state index contributed by atoms with van der Waals surface area (Å²) in [6.45, 7) is 0.873. The molecule has 1 aromatic carbocycles. The van der Waals surface area contributed by atoms with Crippen LogP contribution < -0.4 is 0 Å². The first-order valence-electron chi connectivity index (χ1n) is 5.50. The van der Waals surface area contributed by atoms with E-state index in [1.54, 1.807) is 11.3 Å². The molecule has 3 aromatic rings. The van der Waals surface area contributed by atoms with Crippen LogP contribution in [0, 0.1) is 0 Å². The van der Waals surface area contributed by atoms with Crippen molar-refractivity contribution in [2.24, 2.45) is 0 Å². The minimum absolute atomic E-state index is 0.873. The summed E-state index contributed by atoms with van der Waals surface area (Å²) < 4.78 is 2.11. The third-order valence-electron chi connectivity index (χ3n) is 2.66. The van der Waals surface area contributed by atoms with Crippen LogP contribution in [0.1, 0.15) is 5.56 Å². The Morgan fingerprint density at radius 3 is 2.76 bits per heavy atom. The monoisotopic (exact) mass is 240 g/mol. The summed E-state index contributed by atoms with van der Waals surface area (Å²) in [7, 11) is 0. The zero-order valence-corrected chi connectivity index (χ0v) is 10.1. The van der Waals surface area contributed by atoms with Crippen LogP contribution in [-0.2, 0) is 6.54 Å². The average molecular weight is 240 g/mol. The summed E-state index contributed by atoms with van der Waals surface area (Å²) in [4.78, 5) is 4.42. The Kier molecular flexibility index (Phi) is 2.76. The van der Waals surface area contributed by atoms with E-state index in [0.717, 1.165) is 12.2 Å². The Bertz CT molecular complexity index is 582. The van der Waals surface area contributed by atoms with Crippen molar-refractivity contribution in [3.05, 3.63) is 65.2 Å². The van der Waals surface area contributed by atoms with Gasteiger partial charge in [0.05, 0.1) is 12.0 Å². The van der Waals surface area contributed by atoms with E-state index in [4.69, 9.17) is 0 Å². The van der Waals surface area contributed by atoms with Crippen LogP contribution in [0.5, 0.6) is 0 Å². The summed E-state index contributed by atoms with van der Waals surface area (Å²) in [5.74, 6) is 0. The molecule has 2 aromatic heterocycles. The third-order valence-corrected chi connectivity index (χ3v) is 3.34. The summed E-state index contributed by atoms with van der Waals surface area (Å²) in [6.07, 6.45) is 3.98. The van der Waals surface area contributed by atoms with Crippen LogP contribution in [0.4, 0.5) is 0 Å². The second-order valence-corrected chi connectivity index (χ2v) is 4.71. The van der Waals surface area contributed by atoms with Gasteiger partial charge >= 0.3 is 0 Å². The Hall–Kier alpha value is -1.87. The van der Waals surface area contributed by atoms with E-state index in [2.05, 4.69) is 56.8 Å². The predicted molar refractivity (Wildman–Crippen MR) is 71.1 cm³/mol. The Balaban J connectivity index is 1.82. The Morgan fingerprint density at radius 1 is 1.12 bits per heavy atom. The second-order valence-electron chi connectivity index (χ2n) is 3.93. The molecular formula is C14H12N2S. The lowest BCUT2D eigenvalue weighted by Crippen LogP contribution is -1.95. The molecule has 0 aliphatic rings. The smallest absolute Gasteiger partial charge is 0.0956 e. The quantitative estimate of drug-likeness (QED) is 0.683. The minimum Gasteiger partial charge on any atom is -0.332 e. The number of thiophene rings is 1. The van der Waals surface area contributed by atoms with E-state index in [9.17, 15) is 0 Å². The zero-order valence-electron chi connectivity index (χ0n) is 9.28. The highest BCUT2D eigenvalue weighted by Crippen LogP contribution is 2.20. The molecule has 0 aliphatic heterocycles. The summed E-state index contributed by atoms with van der Waals surface area (Å²) in [5, 5.41) is 4.20. The van der Waals surface area contributed by atoms with Crippen LogP contribution in [0.25, 0.3) is 11.3 Å². The number of hydrogen-bond acceptors (Lipinski definition) is 2. The lowest BCUT2D eigenvalue weighted by atomic mass is 10.2. The van der Waals surface area contributed by atoms with Gasteiger partial charge in [-0.15, -0.1) is 0 Å². The Labute approximate surface area is 104 Å². The number of nitrogens with zero attached hydrogens (tertiary/aromatic N) is 2. The molecule has 0 atom stereocenters. The SMILES string of the molecule is c1ccc(Cn2cnc(-c3ccsc3)c2)cc1. The van der Waals surface area contributed by atoms with Gasteiger partial charge in [-0.2, -0.15) is 11.3 Å². The van der Waals surface area contributed by atoms with Crippen molar-refractivity contribution in [3.8, 4) is 11.3 Å². The van der Waals surface area contributed by atoms with Crippen LogP contribution in [0.15, 0.2) is 59.7 Å². The molecule has 2 nitrogen and oxygen atoms in total. The topological polar surface area (TPSA) is 17.8 Å². The lowest BCUT2D eigenvalue weighted by molar-refractivity contribution is 0.797. The lowest BCUT2D eigenvalue weighted by Gasteiger charge is -2.00. The maximum Gasteiger partial charge on any atom is 0.0956 e. The van der Waals surface area contributed by atoms with E-state index in [-0.39, 0.29) is 0 Å². The molecule has 84 valence electrons. The molecule has 17 heavy (non-hydrogen) atoms. The van der Waals surface area contributed by atoms with Crippen LogP contribution in [0.2, 0.25) is 0 Å². The molecule has 0 unspecified atom stereocenters. The van der Waals surface area contributed by atoms with Gasteiger partial charge in [0.2, 0.25) is 0 Å². The van der Waals surface area contributed by atoms with Gasteiger partial charge in [-0.1, -0.05) is 30.3 Å². The standard InChI is InChI=1S/C14H12N2S/c1-2-4-12(5-3-1)8-16-9-14(15-11-16)13-6-7-17-10-13/h1-7,9-11H,8H2. The van der Waals surface area contributed by atoms with Gasteiger partial charge in [0.15, 0.2) is 0 Å². The molecule has 0 spiro atoms. The van der Waals surface area contributed by atoms with E-state index < -0.39 is 0 Å². The maximum absolute atomic E-state index is 4.42. The molecule has 0 N–H and O–H groups in total. The largest absolute Gasteiger partial charge is 0.332 e. The first kappa shape index (κ1) is 10.3. The van der Waals surface area contributed by atoms with Gasteiger partial charge < -0.3 is 4.57 Å². The van der Waals surface area contributed by atoms with Gasteiger partial charge in [-0.05, 0) is 17.0 Å². The van der Waals surface area contributed by atoms with Crippen LogP contribution in [0.3, 0.4) is 0 Å². The number of benzene rings is 1.